The van der Waals surface area contributed by atoms with Gasteiger partial charge in [-0.3, -0.25) is 14.4 Å². The van der Waals surface area contributed by atoms with Crippen LogP contribution in [0.15, 0.2) is 66.9 Å². The standard InChI is InChI=1S/C38H41N5O4/c1-39-32(44)18-13-25-11-15-28(16-12-25)41-37(46)38(19-5-6-20-38)42-35(45)27-14-17-29-31(24-27)43-22-23-47-36-30(10-7-21-40-36)34(43)33(29)26-8-3-2-4-9-26/h7,10-18,21,24,26H,2-6,8-9,19-20,22-23H2,1H3,(H,39,44)(H,41,46)(H,42,45)/b18-13+. The monoisotopic (exact) mass is 631 g/mol. The Morgan fingerprint density at radius 1 is 0.979 bits per heavy atom. The van der Waals surface area contributed by atoms with Crippen molar-refractivity contribution in [2.45, 2.75) is 75.8 Å². The normalized spacial score (nSPS) is 17.4. The Kier molecular flexibility index (Phi) is 8.54. The quantitative estimate of drug-likeness (QED) is 0.199. The number of carbonyl (C=O) groups is 3. The molecule has 2 aromatic heterocycles. The Labute approximate surface area is 274 Å². The first-order valence-electron chi connectivity index (χ1n) is 16.8. The van der Waals surface area contributed by atoms with Gasteiger partial charge in [0.15, 0.2) is 0 Å². The summed E-state index contributed by atoms with van der Waals surface area (Å²) in [5.74, 6) is 0.456. The molecular weight excluding hydrogens is 590 g/mol. The third kappa shape index (κ3) is 6.02. The van der Waals surface area contributed by atoms with Crippen LogP contribution in [0.1, 0.15) is 85.2 Å². The summed E-state index contributed by atoms with van der Waals surface area (Å²) >= 11 is 0. The van der Waals surface area contributed by atoms with Gasteiger partial charge in [0, 0.05) is 41.5 Å². The van der Waals surface area contributed by atoms with Crippen molar-refractivity contribution < 1.29 is 19.1 Å². The molecule has 0 radical (unpaired) electrons. The zero-order chi connectivity index (χ0) is 32.4. The molecule has 0 atom stereocenters. The lowest BCUT2D eigenvalue weighted by Gasteiger charge is -2.29. The molecule has 9 heteroatoms. The van der Waals surface area contributed by atoms with E-state index in [9.17, 15) is 14.4 Å². The first kappa shape index (κ1) is 30.7. The van der Waals surface area contributed by atoms with E-state index in [0.717, 1.165) is 48.0 Å². The maximum absolute atomic E-state index is 14.0. The first-order chi connectivity index (χ1) is 23.0. The molecule has 0 spiro atoms. The van der Waals surface area contributed by atoms with E-state index < -0.39 is 5.54 Å². The molecular formula is C38H41N5O4. The zero-order valence-electron chi connectivity index (χ0n) is 26.8. The molecule has 3 heterocycles. The molecule has 9 nitrogen and oxygen atoms in total. The minimum absolute atomic E-state index is 0.186. The number of nitrogens with one attached hydrogen (secondary N) is 3. The van der Waals surface area contributed by atoms with Gasteiger partial charge in [-0.25, -0.2) is 4.98 Å². The first-order valence-corrected chi connectivity index (χ1v) is 16.8. The highest BCUT2D eigenvalue weighted by Crippen LogP contribution is 2.46. The van der Waals surface area contributed by atoms with Crippen LogP contribution < -0.4 is 20.7 Å². The zero-order valence-corrected chi connectivity index (χ0v) is 26.8. The number of rotatable bonds is 7. The fraction of sp³-hybridized carbons (Fsp3) is 0.368. The van der Waals surface area contributed by atoms with Gasteiger partial charge in [0.2, 0.25) is 17.7 Å². The molecule has 3 aliphatic rings. The number of nitrogens with zero attached hydrogens (tertiary/aromatic N) is 2. The largest absolute Gasteiger partial charge is 0.475 e. The predicted octanol–water partition coefficient (Wildman–Crippen LogP) is 6.58. The number of ether oxygens (including phenoxy) is 1. The van der Waals surface area contributed by atoms with Gasteiger partial charge in [-0.2, -0.15) is 0 Å². The number of likely N-dealkylation sites (N-methyl/N-ethyl adjacent to an activating group) is 1. The number of hydrogen-bond acceptors (Lipinski definition) is 5. The summed E-state index contributed by atoms with van der Waals surface area (Å²) in [5.41, 5.74) is 5.54. The van der Waals surface area contributed by atoms with Gasteiger partial charge in [0.05, 0.1) is 17.8 Å². The van der Waals surface area contributed by atoms with E-state index in [1.807, 2.05) is 30.3 Å². The molecule has 242 valence electrons. The summed E-state index contributed by atoms with van der Waals surface area (Å²) in [4.78, 5) is 43.8. The van der Waals surface area contributed by atoms with Gasteiger partial charge < -0.3 is 25.3 Å². The second-order valence-corrected chi connectivity index (χ2v) is 13.0. The highest BCUT2D eigenvalue weighted by molar-refractivity contribution is 6.06. The van der Waals surface area contributed by atoms with Gasteiger partial charge in [0.25, 0.3) is 5.91 Å². The van der Waals surface area contributed by atoms with Crippen LogP contribution in [0.25, 0.3) is 28.2 Å². The van der Waals surface area contributed by atoms with Gasteiger partial charge in [-0.15, -0.1) is 0 Å². The topological polar surface area (TPSA) is 114 Å². The Hall–Kier alpha value is -4.92. The maximum atomic E-state index is 14.0. The number of amides is 3. The van der Waals surface area contributed by atoms with E-state index in [-0.39, 0.29) is 17.7 Å². The van der Waals surface area contributed by atoms with Crippen LogP contribution in [0.4, 0.5) is 5.69 Å². The molecule has 2 aromatic carbocycles. The van der Waals surface area contributed by atoms with Crippen molar-refractivity contribution in [1.82, 2.24) is 20.2 Å². The highest BCUT2D eigenvalue weighted by atomic mass is 16.5. The Balaban J connectivity index is 1.18. The molecule has 2 saturated carbocycles. The third-order valence-electron chi connectivity index (χ3n) is 10.0. The second-order valence-electron chi connectivity index (χ2n) is 13.0. The number of fused-ring (bicyclic) bond motifs is 5. The lowest BCUT2D eigenvalue weighted by molar-refractivity contribution is -0.122. The minimum atomic E-state index is -0.994. The van der Waals surface area contributed by atoms with Crippen LogP contribution in [0.5, 0.6) is 5.88 Å². The van der Waals surface area contributed by atoms with E-state index in [0.29, 0.717) is 49.0 Å². The summed E-state index contributed by atoms with van der Waals surface area (Å²) in [6, 6.07) is 17.4. The summed E-state index contributed by atoms with van der Waals surface area (Å²) in [5, 5.41) is 9.94. The smallest absolute Gasteiger partial charge is 0.252 e. The van der Waals surface area contributed by atoms with Gasteiger partial charge in [0.1, 0.15) is 12.1 Å². The number of aromatic nitrogens is 2. The molecule has 2 fully saturated rings. The lowest BCUT2D eigenvalue weighted by atomic mass is 9.82. The van der Waals surface area contributed by atoms with Crippen molar-refractivity contribution in [2.75, 3.05) is 19.0 Å². The third-order valence-corrected chi connectivity index (χ3v) is 10.0. The SMILES string of the molecule is CNC(=O)/C=C/c1ccc(NC(=O)C2(NC(=O)c3ccc4c(C5CCCCC5)c5n(c4c3)CCOc3ncccc3-5)CCCC2)cc1. The molecule has 2 aliphatic carbocycles. The number of benzene rings is 2. The molecule has 0 unspecified atom stereocenters. The van der Waals surface area contributed by atoms with Crippen LogP contribution in [-0.2, 0) is 16.1 Å². The number of pyridine rings is 1. The van der Waals surface area contributed by atoms with Crippen molar-refractivity contribution in [2.24, 2.45) is 0 Å². The molecule has 0 bridgehead atoms. The summed E-state index contributed by atoms with van der Waals surface area (Å²) in [7, 11) is 1.58. The summed E-state index contributed by atoms with van der Waals surface area (Å²) in [6.45, 7) is 1.16. The molecule has 47 heavy (non-hydrogen) atoms. The maximum Gasteiger partial charge on any atom is 0.252 e. The molecule has 0 saturated heterocycles. The van der Waals surface area contributed by atoms with Crippen molar-refractivity contribution >= 4 is 40.4 Å². The molecule has 3 amide bonds. The van der Waals surface area contributed by atoms with E-state index >= 15 is 0 Å². The number of carbonyl (C=O) groups excluding carboxylic acids is 3. The van der Waals surface area contributed by atoms with Gasteiger partial charge in [-0.1, -0.05) is 50.3 Å². The average Bonchev–Trinajstić information content (AvgIpc) is 3.66. The van der Waals surface area contributed by atoms with Crippen molar-refractivity contribution in [3.8, 4) is 17.1 Å². The van der Waals surface area contributed by atoms with Crippen LogP contribution in [0.2, 0.25) is 0 Å². The predicted molar refractivity (Wildman–Crippen MR) is 183 cm³/mol. The fourth-order valence-corrected chi connectivity index (χ4v) is 7.62. The number of hydrogen-bond donors (Lipinski definition) is 3. The Morgan fingerprint density at radius 3 is 2.53 bits per heavy atom. The van der Waals surface area contributed by atoms with Crippen molar-refractivity contribution in [3.63, 3.8) is 0 Å². The molecule has 3 N–H and O–H groups in total. The molecule has 1 aliphatic heterocycles. The van der Waals surface area contributed by atoms with Gasteiger partial charge >= 0.3 is 0 Å². The Morgan fingerprint density at radius 2 is 1.77 bits per heavy atom. The fourth-order valence-electron chi connectivity index (χ4n) is 7.62. The lowest BCUT2D eigenvalue weighted by Crippen LogP contribution is -2.55. The van der Waals surface area contributed by atoms with E-state index in [4.69, 9.17) is 4.74 Å². The summed E-state index contributed by atoms with van der Waals surface area (Å²) < 4.78 is 8.41. The van der Waals surface area contributed by atoms with Crippen LogP contribution in [0, 0.1) is 0 Å². The average molecular weight is 632 g/mol. The highest BCUT2D eigenvalue weighted by Gasteiger charge is 2.43. The van der Waals surface area contributed by atoms with Crippen LogP contribution in [0.3, 0.4) is 0 Å². The minimum Gasteiger partial charge on any atom is -0.475 e. The van der Waals surface area contributed by atoms with Gasteiger partial charge in [-0.05, 0) is 85.2 Å². The Bertz CT molecular complexity index is 1850. The number of anilines is 1. The van der Waals surface area contributed by atoms with E-state index in [1.54, 1.807) is 31.5 Å². The molecule has 4 aromatic rings. The van der Waals surface area contributed by atoms with E-state index in [1.165, 1.54) is 36.3 Å². The van der Waals surface area contributed by atoms with E-state index in [2.05, 4.69) is 37.6 Å². The van der Waals surface area contributed by atoms with Crippen LogP contribution >= 0.6 is 0 Å². The summed E-state index contributed by atoms with van der Waals surface area (Å²) in [6.07, 6.45) is 13.8. The second kappa shape index (κ2) is 13.1. The molecule has 7 rings (SSSR count). The van der Waals surface area contributed by atoms with Crippen molar-refractivity contribution in [1.29, 1.82) is 0 Å². The van der Waals surface area contributed by atoms with Crippen LogP contribution in [-0.4, -0.2) is 46.5 Å². The van der Waals surface area contributed by atoms with Crippen molar-refractivity contribution in [3.05, 3.63) is 83.6 Å².